The van der Waals surface area contributed by atoms with Crippen LogP contribution in [0.2, 0.25) is 0 Å². The van der Waals surface area contributed by atoms with Gasteiger partial charge in [0.15, 0.2) is 0 Å². The first-order valence-corrected chi connectivity index (χ1v) is 3.93. The minimum absolute atomic E-state index is 1.06. The van der Waals surface area contributed by atoms with E-state index in [9.17, 15) is 0 Å². The van der Waals surface area contributed by atoms with E-state index in [4.69, 9.17) is 0 Å². The van der Waals surface area contributed by atoms with Crippen LogP contribution in [-0.4, -0.2) is 4.43 Å². The molecule has 2 atom stereocenters. The van der Waals surface area contributed by atoms with Gasteiger partial charge in [0.1, 0.15) is 0 Å². The van der Waals surface area contributed by atoms with Gasteiger partial charge in [0.2, 0.25) is 0 Å². The van der Waals surface area contributed by atoms with Crippen molar-refractivity contribution >= 4 is 22.6 Å². The summed E-state index contributed by atoms with van der Waals surface area (Å²) in [5.41, 5.74) is 0. The predicted octanol–water partition coefficient (Wildman–Crippen LogP) is 2.08. The van der Waals surface area contributed by atoms with Gasteiger partial charge >= 0.3 is 0 Å². The van der Waals surface area contributed by atoms with Gasteiger partial charge in [-0.25, -0.2) is 0 Å². The lowest BCUT2D eigenvalue weighted by atomic mass is 10.4. The van der Waals surface area contributed by atoms with Crippen LogP contribution >= 0.6 is 22.6 Å². The molecule has 0 aromatic heterocycles. The fraction of sp³-hybridized carbons (Fsp3) is 1.00. The Labute approximate surface area is 52.5 Å². The monoisotopic (exact) mass is 196 g/mol. The standard InChI is InChI=1S/C5H9I/c1-4-2-5(4)3-6/h4-5H,2-3H2,1H3/t4-,5-/m0/s1. The Balaban J connectivity index is 2.09. The van der Waals surface area contributed by atoms with Gasteiger partial charge in [-0.3, -0.25) is 0 Å². The van der Waals surface area contributed by atoms with Crippen LogP contribution in [0.15, 0.2) is 0 Å². The summed E-state index contributed by atoms with van der Waals surface area (Å²) in [7, 11) is 0. The second kappa shape index (κ2) is 1.68. The molecule has 1 aliphatic rings. The van der Waals surface area contributed by atoms with E-state index >= 15 is 0 Å². The van der Waals surface area contributed by atoms with Crippen LogP contribution in [0, 0.1) is 11.8 Å². The minimum Gasteiger partial charge on any atom is -0.0861 e. The summed E-state index contributed by atoms with van der Waals surface area (Å²) in [6.45, 7) is 2.32. The van der Waals surface area contributed by atoms with Gasteiger partial charge < -0.3 is 0 Å². The van der Waals surface area contributed by atoms with Crippen LogP contribution in [0.1, 0.15) is 13.3 Å². The smallest absolute Gasteiger partial charge is 0.00263 e. The Morgan fingerprint density at radius 2 is 2.33 bits per heavy atom. The Kier molecular flexibility index (Phi) is 1.37. The molecule has 36 valence electrons. The lowest BCUT2D eigenvalue weighted by Crippen LogP contribution is -1.73. The Hall–Kier alpha value is 0.730. The molecule has 0 bridgehead atoms. The van der Waals surface area contributed by atoms with Crippen molar-refractivity contribution in [2.24, 2.45) is 11.8 Å². The van der Waals surface area contributed by atoms with Crippen LogP contribution in [0.3, 0.4) is 0 Å². The highest BCUT2D eigenvalue weighted by molar-refractivity contribution is 14.1. The van der Waals surface area contributed by atoms with Crippen LogP contribution in [0.25, 0.3) is 0 Å². The van der Waals surface area contributed by atoms with Crippen molar-refractivity contribution in [1.29, 1.82) is 0 Å². The molecule has 0 aliphatic heterocycles. The molecule has 0 spiro atoms. The SMILES string of the molecule is C[C@H]1C[C@H]1CI. The maximum absolute atomic E-state index is 2.46. The van der Waals surface area contributed by atoms with Gasteiger partial charge in [-0.1, -0.05) is 29.5 Å². The normalized spacial score (nSPS) is 43.0. The maximum atomic E-state index is 2.46. The molecule has 0 aromatic rings. The van der Waals surface area contributed by atoms with E-state index < -0.39 is 0 Å². The first-order chi connectivity index (χ1) is 2.84. The summed E-state index contributed by atoms with van der Waals surface area (Å²) in [6, 6.07) is 0. The van der Waals surface area contributed by atoms with Crippen molar-refractivity contribution in [3.05, 3.63) is 0 Å². The number of halogens is 1. The average molecular weight is 196 g/mol. The molecule has 0 amide bonds. The van der Waals surface area contributed by atoms with Gasteiger partial charge in [-0.05, 0) is 18.3 Å². The fourth-order valence-electron chi connectivity index (χ4n) is 0.614. The van der Waals surface area contributed by atoms with Gasteiger partial charge in [-0.15, -0.1) is 0 Å². The van der Waals surface area contributed by atoms with Crippen molar-refractivity contribution in [3.63, 3.8) is 0 Å². The molecule has 0 saturated heterocycles. The zero-order valence-corrected chi connectivity index (χ0v) is 6.10. The molecule has 0 aromatic carbocycles. The lowest BCUT2D eigenvalue weighted by molar-refractivity contribution is 0.855. The molecule has 1 heteroatoms. The largest absolute Gasteiger partial charge is 0.0861 e. The molecule has 0 heterocycles. The molecule has 1 saturated carbocycles. The first-order valence-electron chi connectivity index (χ1n) is 2.40. The van der Waals surface area contributed by atoms with E-state index in [1.807, 2.05) is 0 Å². The maximum Gasteiger partial charge on any atom is 0.00263 e. The summed E-state index contributed by atoms with van der Waals surface area (Å²) in [5, 5.41) is 0. The summed E-state index contributed by atoms with van der Waals surface area (Å²) in [5.74, 6) is 2.15. The zero-order chi connectivity index (χ0) is 4.57. The lowest BCUT2D eigenvalue weighted by Gasteiger charge is -1.77. The summed E-state index contributed by atoms with van der Waals surface area (Å²) in [4.78, 5) is 0. The van der Waals surface area contributed by atoms with Crippen LogP contribution in [-0.2, 0) is 0 Å². The average Bonchev–Trinajstić information content (AvgIpc) is 2.19. The van der Waals surface area contributed by atoms with Crippen molar-refractivity contribution in [2.75, 3.05) is 4.43 Å². The molecule has 0 N–H and O–H groups in total. The van der Waals surface area contributed by atoms with Gasteiger partial charge in [0, 0.05) is 4.43 Å². The molecule has 6 heavy (non-hydrogen) atoms. The number of alkyl halides is 1. The molecular weight excluding hydrogens is 187 g/mol. The molecule has 0 nitrogen and oxygen atoms in total. The van der Waals surface area contributed by atoms with Gasteiger partial charge in [0.25, 0.3) is 0 Å². The van der Waals surface area contributed by atoms with Crippen molar-refractivity contribution in [2.45, 2.75) is 13.3 Å². The topological polar surface area (TPSA) is 0 Å². The third kappa shape index (κ3) is 0.863. The number of hydrogen-bond donors (Lipinski definition) is 0. The molecule has 1 fully saturated rings. The quantitative estimate of drug-likeness (QED) is 0.444. The van der Waals surface area contributed by atoms with Gasteiger partial charge in [0.05, 0.1) is 0 Å². The van der Waals surface area contributed by atoms with Crippen molar-refractivity contribution in [1.82, 2.24) is 0 Å². The second-order valence-corrected chi connectivity index (χ2v) is 3.01. The predicted molar refractivity (Wildman–Crippen MR) is 36.2 cm³/mol. The molecule has 0 radical (unpaired) electrons. The molecular formula is C5H9I. The fourth-order valence-corrected chi connectivity index (χ4v) is 1.84. The molecule has 1 aliphatic carbocycles. The van der Waals surface area contributed by atoms with E-state index in [0.29, 0.717) is 0 Å². The Morgan fingerprint density at radius 1 is 1.83 bits per heavy atom. The summed E-state index contributed by atoms with van der Waals surface area (Å²) < 4.78 is 1.37. The van der Waals surface area contributed by atoms with Crippen LogP contribution in [0.4, 0.5) is 0 Å². The molecule has 0 unspecified atom stereocenters. The Morgan fingerprint density at radius 3 is 2.33 bits per heavy atom. The van der Waals surface area contributed by atoms with E-state index in [1.54, 1.807) is 0 Å². The molecule has 1 rings (SSSR count). The van der Waals surface area contributed by atoms with Crippen LogP contribution < -0.4 is 0 Å². The van der Waals surface area contributed by atoms with Gasteiger partial charge in [-0.2, -0.15) is 0 Å². The van der Waals surface area contributed by atoms with E-state index in [0.717, 1.165) is 11.8 Å². The summed E-state index contributed by atoms with van der Waals surface area (Å²) >= 11 is 2.46. The van der Waals surface area contributed by atoms with E-state index in [1.165, 1.54) is 10.8 Å². The number of hydrogen-bond acceptors (Lipinski definition) is 0. The number of rotatable bonds is 1. The highest BCUT2D eigenvalue weighted by atomic mass is 127. The highest BCUT2D eigenvalue weighted by Crippen LogP contribution is 2.38. The highest BCUT2D eigenvalue weighted by Gasteiger charge is 2.30. The minimum atomic E-state index is 1.06. The summed E-state index contributed by atoms with van der Waals surface area (Å²) in [6.07, 6.45) is 1.49. The van der Waals surface area contributed by atoms with Crippen molar-refractivity contribution in [3.8, 4) is 0 Å². The zero-order valence-electron chi connectivity index (χ0n) is 3.95. The van der Waals surface area contributed by atoms with Crippen LogP contribution in [0.5, 0.6) is 0 Å². The first kappa shape index (κ1) is 4.88. The Bertz CT molecular complexity index is 49.9. The van der Waals surface area contributed by atoms with E-state index in [-0.39, 0.29) is 0 Å². The third-order valence-corrected chi connectivity index (χ3v) is 2.61. The van der Waals surface area contributed by atoms with E-state index in [2.05, 4.69) is 29.5 Å². The second-order valence-electron chi connectivity index (χ2n) is 2.13. The third-order valence-electron chi connectivity index (χ3n) is 1.47. The van der Waals surface area contributed by atoms with Crippen molar-refractivity contribution < 1.29 is 0 Å².